The van der Waals surface area contributed by atoms with Crippen LogP contribution in [0.25, 0.3) is 21.5 Å². The monoisotopic (exact) mass is 450 g/mol. The minimum absolute atomic E-state index is 0. The van der Waals surface area contributed by atoms with E-state index in [1.807, 2.05) is 0 Å². The van der Waals surface area contributed by atoms with Crippen molar-refractivity contribution >= 4 is 33.5 Å². The van der Waals surface area contributed by atoms with Crippen molar-refractivity contribution in [1.82, 2.24) is 0 Å². The summed E-state index contributed by atoms with van der Waals surface area (Å²) in [7, 11) is 0. The van der Waals surface area contributed by atoms with Crippen LogP contribution in [0.15, 0.2) is 109 Å². The average Bonchev–Trinajstić information content (AvgIpc) is 3.38. The van der Waals surface area contributed by atoms with Crippen molar-refractivity contribution in [1.29, 1.82) is 0 Å². The number of benzene rings is 2. The van der Waals surface area contributed by atoms with Crippen LogP contribution in [-0.4, -0.2) is 22.2 Å². The summed E-state index contributed by atoms with van der Waals surface area (Å²) in [6.45, 7) is 9.20. The Bertz CT molecular complexity index is 944. The molecule has 4 rings (SSSR count). The molecule has 0 aromatic heterocycles. The third kappa shape index (κ3) is 10.9. The molecule has 0 aliphatic carbocycles. The van der Waals surface area contributed by atoms with E-state index in [2.05, 4.69) is 98.1 Å². The number of carbonyl (C=O) groups is 2. The summed E-state index contributed by atoms with van der Waals surface area (Å²) in [5, 5.41) is 21.1. The Morgan fingerprint density at radius 1 is 0.677 bits per heavy atom. The van der Waals surface area contributed by atoms with Gasteiger partial charge in [0.15, 0.2) is 0 Å². The molecule has 4 nitrogen and oxygen atoms in total. The summed E-state index contributed by atoms with van der Waals surface area (Å²) in [5.74, 6) is -1.87. The molecule has 0 heterocycles. The molecule has 4 aromatic carbocycles. The van der Waals surface area contributed by atoms with Crippen molar-refractivity contribution in [3.63, 3.8) is 0 Å². The number of hydrogen-bond donors (Lipinski definition) is 2. The van der Waals surface area contributed by atoms with E-state index in [4.69, 9.17) is 10.2 Å². The van der Waals surface area contributed by atoms with Gasteiger partial charge in [0.1, 0.15) is 0 Å². The molecule has 0 saturated heterocycles. The fourth-order valence-corrected chi connectivity index (χ4v) is 2.14. The maximum Gasteiger partial charge on any atom is 2.00 e. The van der Waals surface area contributed by atoms with E-state index in [9.17, 15) is 9.59 Å². The predicted octanol–water partition coefficient (Wildman–Crippen LogP) is 6.41. The fourth-order valence-electron chi connectivity index (χ4n) is 2.14. The average molecular weight is 450 g/mol. The first-order chi connectivity index (χ1) is 14.2. The van der Waals surface area contributed by atoms with Crippen molar-refractivity contribution in [2.75, 3.05) is 0 Å². The topological polar surface area (TPSA) is 74.6 Å². The first kappa shape index (κ1) is 27.8. The Hall–Kier alpha value is -3.21. The summed E-state index contributed by atoms with van der Waals surface area (Å²) in [4.78, 5) is 19.2. The third-order valence-electron chi connectivity index (χ3n) is 3.83. The standard InChI is InChI=1S/2C9H7.2C4H6O2.Ti/c2*1-2-5-9-7-3-6-8(9)4-1;2*1-3(2)4(5)6;/h2*1-7H;2*1H2,2H3,(H,5,6);/q2*-1;;;+2. The van der Waals surface area contributed by atoms with Gasteiger partial charge in [0.05, 0.1) is 0 Å². The molecule has 0 spiro atoms. The molecule has 0 atom stereocenters. The van der Waals surface area contributed by atoms with E-state index in [0.717, 1.165) is 0 Å². The first-order valence-corrected chi connectivity index (χ1v) is 9.21. The van der Waals surface area contributed by atoms with Crippen LogP contribution in [0.1, 0.15) is 13.8 Å². The Morgan fingerprint density at radius 3 is 1.23 bits per heavy atom. The zero-order valence-corrected chi connectivity index (χ0v) is 19.3. The number of aliphatic carboxylic acids is 2. The molecule has 0 aliphatic heterocycles. The van der Waals surface area contributed by atoms with Crippen LogP contribution in [0.4, 0.5) is 0 Å². The summed E-state index contributed by atoms with van der Waals surface area (Å²) < 4.78 is 0. The number of carboxylic acids is 2. The van der Waals surface area contributed by atoms with Crippen molar-refractivity contribution < 1.29 is 41.5 Å². The second-order valence-corrected chi connectivity index (χ2v) is 6.48. The molecular formula is C26H26O4Ti. The van der Waals surface area contributed by atoms with E-state index in [1.165, 1.54) is 35.4 Å². The summed E-state index contributed by atoms with van der Waals surface area (Å²) >= 11 is 0. The van der Waals surface area contributed by atoms with E-state index < -0.39 is 11.9 Å². The summed E-state index contributed by atoms with van der Waals surface area (Å²) in [6, 6.07) is 29.3. The van der Waals surface area contributed by atoms with E-state index in [1.54, 1.807) is 0 Å². The minimum atomic E-state index is -0.935. The van der Waals surface area contributed by atoms with E-state index in [-0.39, 0.29) is 32.9 Å². The molecule has 0 saturated carbocycles. The van der Waals surface area contributed by atoms with Gasteiger partial charge < -0.3 is 10.2 Å². The normalized spacial score (nSPS) is 8.84. The van der Waals surface area contributed by atoms with Crippen LogP contribution in [0, 0.1) is 0 Å². The van der Waals surface area contributed by atoms with Crippen molar-refractivity contribution in [3.8, 4) is 0 Å². The Balaban J connectivity index is 0.000000393. The Kier molecular flexibility index (Phi) is 13.2. The second-order valence-electron chi connectivity index (χ2n) is 6.48. The molecule has 0 bridgehead atoms. The van der Waals surface area contributed by atoms with Gasteiger partial charge in [0.2, 0.25) is 0 Å². The molecule has 31 heavy (non-hydrogen) atoms. The molecule has 0 aliphatic rings. The third-order valence-corrected chi connectivity index (χ3v) is 3.83. The molecule has 5 heteroatoms. The summed E-state index contributed by atoms with van der Waals surface area (Å²) in [6.07, 6.45) is 0. The Labute approximate surface area is 197 Å². The molecule has 158 valence electrons. The smallest absolute Gasteiger partial charge is 0.478 e. The van der Waals surface area contributed by atoms with Gasteiger partial charge >= 0.3 is 33.7 Å². The molecule has 4 aromatic rings. The van der Waals surface area contributed by atoms with Gasteiger partial charge in [-0.25, -0.2) is 9.59 Å². The fraction of sp³-hybridized carbons (Fsp3) is 0.0769. The second kappa shape index (κ2) is 14.7. The van der Waals surface area contributed by atoms with E-state index >= 15 is 0 Å². The molecule has 0 amide bonds. The van der Waals surface area contributed by atoms with Crippen LogP contribution >= 0.6 is 0 Å². The van der Waals surface area contributed by atoms with E-state index in [0.29, 0.717) is 0 Å². The predicted molar refractivity (Wildman–Crippen MR) is 124 cm³/mol. The summed E-state index contributed by atoms with van der Waals surface area (Å²) in [5.41, 5.74) is 0.352. The number of carboxylic acid groups (broad SMARTS) is 2. The van der Waals surface area contributed by atoms with Crippen LogP contribution in [0.2, 0.25) is 0 Å². The maximum absolute atomic E-state index is 9.60. The molecule has 0 fully saturated rings. The Morgan fingerprint density at radius 2 is 0.968 bits per heavy atom. The minimum Gasteiger partial charge on any atom is -0.478 e. The van der Waals surface area contributed by atoms with Gasteiger partial charge in [-0.1, -0.05) is 25.3 Å². The zero-order valence-electron chi connectivity index (χ0n) is 17.7. The molecule has 2 N–H and O–H groups in total. The van der Waals surface area contributed by atoms with Crippen molar-refractivity contribution in [2.45, 2.75) is 13.8 Å². The quantitative estimate of drug-likeness (QED) is 0.210. The van der Waals surface area contributed by atoms with Gasteiger partial charge in [0.25, 0.3) is 0 Å². The number of rotatable bonds is 2. The number of hydrogen-bond acceptors (Lipinski definition) is 2. The van der Waals surface area contributed by atoms with Crippen molar-refractivity contribution in [3.05, 3.63) is 109 Å². The van der Waals surface area contributed by atoms with Gasteiger partial charge in [-0.15, -0.1) is 59.3 Å². The molecule has 0 radical (unpaired) electrons. The largest absolute Gasteiger partial charge is 2.00 e. The van der Waals surface area contributed by atoms with Gasteiger partial charge in [-0.05, 0) is 13.8 Å². The van der Waals surface area contributed by atoms with Gasteiger partial charge in [0, 0.05) is 11.1 Å². The molecular weight excluding hydrogens is 424 g/mol. The zero-order chi connectivity index (χ0) is 22.5. The van der Waals surface area contributed by atoms with Crippen LogP contribution in [0.5, 0.6) is 0 Å². The maximum atomic E-state index is 9.60. The van der Waals surface area contributed by atoms with Crippen molar-refractivity contribution in [2.24, 2.45) is 0 Å². The van der Waals surface area contributed by atoms with Crippen LogP contribution < -0.4 is 0 Å². The van der Waals surface area contributed by atoms with Crippen LogP contribution in [0.3, 0.4) is 0 Å². The van der Waals surface area contributed by atoms with Crippen LogP contribution in [-0.2, 0) is 31.3 Å². The number of fused-ring (bicyclic) bond motifs is 2. The molecule has 0 unspecified atom stereocenters. The van der Waals surface area contributed by atoms with Gasteiger partial charge in [-0.3, -0.25) is 0 Å². The van der Waals surface area contributed by atoms with Gasteiger partial charge in [-0.2, -0.15) is 35.0 Å². The first-order valence-electron chi connectivity index (χ1n) is 9.21. The SMILES string of the molecule is C=C(C)C(=O)O.C=C(C)C(=O)O.[Ti+2].c1ccc2[cH-]ccc2c1.c1ccc2[cH-]ccc2c1.